The predicted octanol–water partition coefficient (Wildman–Crippen LogP) is 1.84. The molecule has 1 aromatic heterocycles. The van der Waals surface area contributed by atoms with Crippen LogP contribution in [-0.4, -0.2) is 13.0 Å². The molecule has 5 nitrogen and oxygen atoms in total. The molecule has 0 unspecified atom stereocenters. The molecule has 0 aliphatic carbocycles. The zero-order chi connectivity index (χ0) is 14.0. The molecular weight excluding hydrogens is 288 g/mol. The number of hydrogen-bond donors (Lipinski definition) is 1. The third-order valence-corrected chi connectivity index (χ3v) is 4.12. The van der Waals surface area contributed by atoms with Crippen LogP contribution in [0.2, 0.25) is 5.02 Å². The number of nitrogens with zero attached hydrogens (tertiary/aromatic N) is 1. The Morgan fingerprint density at radius 3 is 2.42 bits per heavy atom. The quantitative estimate of drug-likeness (QED) is 0.940. The fourth-order valence-corrected chi connectivity index (χ4v) is 2.68. The first-order valence-corrected chi connectivity index (χ1v) is 7.20. The summed E-state index contributed by atoms with van der Waals surface area (Å²) in [7, 11) is -2.25. The number of benzene rings is 1. The van der Waals surface area contributed by atoms with Crippen LogP contribution in [-0.2, 0) is 17.1 Å². The Balaban J connectivity index is 2.39. The molecule has 1 N–H and O–H groups in total. The molecule has 7 heteroatoms. The standard InChI is InChI=1S/C12H11ClN2O3S/c1-15-8-2-3-11(12(15)16)14-19(17,18)10-6-4-9(13)5-7-10/h2-8,14H,1H3. The van der Waals surface area contributed by atoms with E-state index in [2.05, 4.69) is 4.72 Å². The molecule has 2 aromatic rings. The first-order chi connectivity index (χ1) is 8.90. The fourth-order valence-electron chi connectivity index (χ4n) is 1.49. The molecule has 2 rings (SSSR count). The molecule has 0 amide bonds. The van der Waals surface area contributed by atoms with Gasteiger partial charge in [0, 0.05) is 18.3 Å². The van der Waals surface area contributed by atoms with E-state index in [1.54, 1.807) is 19.3 Å². The number of sulfonamides is 1. The third-order valence-electron chi connectivity index (χ3n) is 2.49. The SMILES string of the molecule is Cn1cccc(NS(=O)(=O)c2ccc(Cl)cc2)c1=O. The predicted molar refractivity (Wildman–Crippen MR) is 73.9 cm³/mol. The lowest BCUT2D eigenvalue weighted by Gasteiger charge is -2.08. The van der Waals surface area contributed by atoms with Crippen molar-refractivity contribution in [3.63, 3.8) is 0 Å². The second-order valence-electron chi connectivity index (χ2n) is 3.90. The highest BCUT2D eigenvalue weighted by molar-refractivity contribution is 7.92. The van der Waals surface area contributed by atoms with Crippen molar-refractivity contribution >= 4 is 27.3 Å². The number of rotatable bonds is 3. The summed E-state index contributed by atoms with van der Waals surface area (Å²) >= 11 is 5.70. The second-order valence-corrected chi connectivity index (χ2v) is 6.02. The van der Waals surface area contributed by atoms with Gasteiger partial charge in [0.1, 0.15) is 5.69 Å². The van der Waals surface area contributed by atoms with E-state index in [0.717, 1.165) is 0 Å². The minimum Gasteiger partial charge on any atom is -0.317 e. The summed E-state index contributed by atoms with van der Waals surface area (Å²) in [6.45, 7) is 0. The van der Waals surface area contributed by atoms with Gasteiger partial charge in [0.2, 0.25) is 0 Å². The van der Waals surface area contributed by atoms with Crippen LogP contribution in [0, 0.1) is 0 Å². The Bertz CT molecular complexity index is 751. The lowest BCUT2D eigenvalue weighted by Crippen LogP contribution is -2.23. The largest absolute Gasteiger partial charge is 0.317 e. The molecule has 0 saturated heterocycles. The lowest BCUT2D eigenvalue weighted by molar-refractivity contribution is 0.601. The summed E-state index contributed by atoms with van der Waals surface area (Å²) < 4.78 is 27.7. The van der Waals surface area contributed by atoms with Gasteiger partial charge in [-0.3, -0.25) is 9.52 Å². The number of aryl methyl sites for hydroxylation is 1. The minimum absolute atomic E-state index is 0.0000463. The Kier molecular flexibility index (Phi) is 3.64. The van der Waals surface area contributed by atoms with E-state index in [1.807, 2.05) is 0 Å². The van der Waals surface area contributed by atoms with Crippen molar-refractivity contribution in [3.05, 3.63) is 58.0 Å². The van der Waals surface area contributed by atoms with Crippen molar-refractivity contribution in [1.29, 1.82) is 0 Å². The van der Waals surface area contributed by atoms with Crippen molar-refractivity contribution in [2.45, 2.75) is 4.90 Å². The van der Waals surface area contributed by atoms with Crippen LogP contribution < -0.4 is 10.3 Å². The number of pyridine rings is 1. The molecular formula is C12H11ClN2O3S. The molecule has 0 saturated carbocycles. The van der Waals surface area contributed by atoms with E-state index in [1.165, 1.54) is 34.9 Å². The highest BCUT2D eigenvalue weighted by atomic mass is 35.5. The fraction of sp³-hybridized carbons (Fsp3) is 0.0833. The smallest absolute Gasteiger partial charge is 0.274 e. The van der Waals surface area contributed by atoms with Crippen LogP contribution in [0.3, 0.4) is 0 Å². The maximum absolute atomic E-state index is 12.1. The molecule has 19 heavy (non-hydrogen) atoms. The number of hydrogen-bond acceptors (Lipinski definition) is 3. The van der Waals surface area contributed by atoms with Crippen molar-refractivity contribution in [3.8, 4) is 0 Å². The number of nitrogens with one attached hydrogen (secondary N) is 1. The van der Waals surface area contributed by atoms with Gasteiger partial charge in [-0.2, -0.15) is 0 Å². The molecule has 0 spiro atoms. The van der Waals surface area contributed by atoms with Gasteiger partial charge in [0.25, 0.3) is 15.6 Å². The van der Waals surface area contributed by atoms with E-state index in [-0.39, 0.29) is 10.6 Å². The molecule has 1 aromatic carbocycles. The molecule has 0 fully saturated rings. The van der Waals surface area contributed by atoms with Crippen LogP contribution in [0.5, 0.6) is 0 Å². The van der Waals surface area contributed by atoms with Crippen molar-refractivity contribution < 1.29 is 8.42 Å². The van der Waals surface area contributed by atoms with Crippen LogP contribution >= 0.6 is 11.6 Å². The summed E-state index contributed by atoms with van der Waals surface area (Å²) in [4.78, 5) is 11.8. The average Bonchev–Trinajstić information content (AvgIpc) is 2.35. The Morgan fingerprint density at radius 1 is 1.16 bits per heavy atom. The second kappa shape index (κ2) is 5.07. The van der Waals surface area contributed by atoms with Crippen LogP contribution in [0.15, 0.2) is 52.3 Å². The van der Waals surface area contributed by atoms with Crippen molar-refractivity contribution in [2.75, 3.05) is 4.72 Å². The van der Waals surface area contributed by atoms with Crippen LogP contribution in [0.1, 0.15) is 0 Å². The first-order valence-electron chi connectivity index (χ1n) is 5.34. The topological polar surface area (TPSA) is 68.2 Å². The van der Waals surface area contributed by atoms with Crippen molar-refractivity contribution in [1.82, 2.24) is 4.57 Å². The monoisotopic (exact) mass is 298 g/mol. The minimum atomic E-state index is -3.79. The molecule has 0 atom stereocenters. The van der Waals surface area contributed by atoms with E-state index in [9.17, 15) is 13.2 Å². The highest BCUT2D eigenvalue weighted by Crippen LogP contribution is 2.16. The number of halogens is 1. The summed E-state index contributed by atoms with van der Waals surface area (Å²) in [5.41, 5.74) is -0.417. The van der Waals surface area contributed by atoms with E-state index >= 15 is 0 Å². The average molecular weight is 299 g/mol. The van der Waals surface area contributed by atoms with Gasteiger partial charge >= 0.3 is 0 Å². The number of anilines is 1. The van der Waals surface area contributed by atoms with E-state index in [0.29, 0.717) is 5.02 Å². The Hall–Kier alpha value is -1.79. The maximum Gasteiger partial charge on any atom is 0.274 e. The normalized spacial score (nSPS) is 11.3. The van der Waals surface area contributed by atoms with E-state index in [4.69, 9.17) is 11.6 Å². The molecule has 0 radical (unpaired) electrons. The third kappa shape index (κ3) is 2.97. The Labute approximate surface area is 115 Å². The molecule has 0 bridgehead atoms. The van der Waals surface area contributed by atoms with Gasteiger partial charge < -0.3 is 4.57 Å². The van der Waals surface area contributed by atoms with Gasteiger partial charge in [-0.15, -0.1) is 0 Å². The molecule has 100 valence electrons. The van der Waals surface area contributed by atoms with Gasteiger partial charge in [0.05, 0.1) is 4.90 Å². The summed E-state index contributed by atoms with van der Waals surface area (Å²) in [6.07, 6.45) is 1.54. The van der Waals surface area contributed by atoms with Gasteiger partial charge in [-0.25, -0.2) is 8.42 Å². The zero-order valence-corrected chi connectivity index (χ0v) is 11.6. The molecule has 1 heterocycles. The molecule has 0 aliphatic rings. The highest BCUT2D eigenvalue weighted by Gasteiger charge is 2.15. The first kappa shape index (κ1) is 13.6. The summed E-state index contributed by atoms with van der Waals surface area (Å²) in [5.74, 6) is 0. The summed E-state index contributed by atoms with van der Waals surface area (Å²) in [6, 6.07) is 8.69. The zero-order valence-electron chi connectivity index (χ0n) is 10.00. The summed E-state index contributed by atoms with van der Waals surface area (Å²) in [5, 5.41) is 0.439. The molecule has 0 aliphatic heterocycles. The number of aromatic nitrogens is 1. The van der Waals surface area contributed by atoms with E-state index < -0.39 is 15.6 Å². The maximum atomic E-state index is 12.1. The Morgan fingerprint density at radius 2 is 1.79 bits per heavy atom. The van der Waals surface area contributed by atoms with Gasteiger partial charge in [-0.1, -0.05) is 11.6 Å². The van der Waals surface area contributed by atoms with Crippen LogP contribution in [0.25, 0.3) is 0 Å². The van der Waals surface area contributed by atoms with Gasteiger partial charge in [-0.05, 0) is 36.4 Å². The van der Waals surface area contributed by atoms with Gasteiger partial charge in [0.15, 0.2) is 0 Å². The lowest BCUT2D eigenvalue weighted by atomic mass is 10.4. The van der Waals surface area contributed by atoms with Crippen molar-refractivity contribution in [2.24, 2.45) is 7.05 Å². The van der Waals surface area contributed by atoms with Crippen LogP contribution in [0.4, 0.5) is 5.69 Å².